The molecule has 0 saturated carbocycles. The summed E-state index contributed by atoms with van der Waals surface area (Å²) in [5.41, 5.74) is 0.928. The lowest BCUT2D eigenvalue weighted by atomic mass is 10.1. The van der Waals surface area contributed by atoms with Gasteiger partial charge < -0.3 is 14.6 Å². The van der Waals surface area contributed by atoms with Gasteiger partial charge in [0.25, 0.3) is 10.1 Å². The Hall–Kier alpha value is -1.48. The summed E-state index contributed by atoms with van der Waals surface area (Å²) in [6.07, 6.45) is 1.21. The molecule has 1 unspecified atom stereocenters. The normalized spacial score (nSPS) is 15.0. The second-order valence-electron chi connectivity index (χ2n) is 7.77. The fourth-order valence-electron chi connectivity index (χ4n) is 2.81. The Balaban J connectivity index is 2.76. The van der Waals surface area contributed by atoms with Crippen molar-refractivity contribution in [3.63, 3.8) is 0 Å². The Labute approximate surface area is 180 Å². The van der Waals surface area contributed by atoms with Gasteiger partial charge in [0.15, 0.2) is 6.10 Å². The third-order valence-electron chi connectivity index (χ3n) is 4.54. The molecule has 0 saturated heterocycles. The van der Waals surface area contributed by atoms with Gasteiger partial charge in [0.1, 0.15) is 6.10 Å². The quantitative estimate of drug-likeness (QED) is 0.265. The van der Waals surface area contributed by atoms with Crippen molar-refractivity contribution in [2.45, 2.75) is 96.0 Å². The molecule has 8 heteroatoms. The van der Waals surface area contributed by atoms with Crippen molar-refractivity contribution in [1.82, 2.24) is 0 Å². The van der Waals surface area contributed by atoms with Crippen LogP contribution in [0.4, 0.5) is 0 Å². The van der Waals surface area contributed by atoms with E-state index in [9.17, 15) is 18.3 Å². The zero-order valence-corrected chi connectivity index (χ0v) is 19.5. The summed E-state index contributed by atoms with van der Waals surface area (Å²) < 4.78 is 40.7. The Bertz CT molecular complexity index is 728. The molecule has 0 amide bonds. The Kier molecular flexibility index (Phi) is 11.5. The van der Waals surface area contributed by atoms with E-state index in [4.69, 9.17) is 13.7 Å². The number of aliphatic hydroxyl groups excluding tert-OH is 1. The number of unbranched alkanes of at least 4 members (excludes halogenated alkanes) is 3. The molecule has 1 rings (SSSR count). The molecule has 172 valence electrons. The fourth-order valence-corrected chi connectivity index (χ4v) is 3.73. The molecule has 0 spiro atoms. The van der Waals surface area contributed by atoms with Gasteiger partial charge in [-0.3, -0.25) is 4.18 Å². The van der Waals surface area contributed by atoms with Crippen LogP contribution in [0.3, 0.4) is 0 Å². The fraction of sp³-hybridized carbons (Fsp3) is 0.682. The van der Waals surface area contributed by atoms with E-state index in [-0.39, 0.29) is 11.0 Å². The maximum atomic E-state index is 12.4. The van der Waals surface area contributed by atoms with E-state index in [2.05, 4.69) is 6.92 Å². The molecule has 0 fully saturated rings. The lowest BCUT2D eigenvalue weighted by Crippen LogP contribution is -2.39. The number of rotatable bonds is 14. The minimum atomic E-state index is -4.00. The van der Waals surface area contributed by atoms with Gasteiger partial charge in [0.05, 0.1) is 23.7 Å². The largest absolute Gasteiger partial charge is 0.461 e. The average molecular weight is 445 g/mol. The van der Waals surface area contributed by atoms with E-state index < -0.39 is 41.0 Å². The summed E-state index contributed by atoms with van der Waals surface area (Å²) in [4.78, 5) is 12.1. The smallest absolute Gasteiger partial charge is 0.335 e. The van der Waals surface area contributed by atoms with Crippen LogP contribution < -0.4 is 0 Å². The number of aryl methyl sites for hydroxylation is 1. The van der Waals surface area contributed by atoms with E-state index in [0.29, 0.717) is 6.42 Å². The van der Waals surface area contributed by atoms with Gasteiger partial charge in [-0.05, 0) is 46.2 Å². The topological polar surface area (TPSA) is 99.1 Å². The highest BCUT2D eigenvalue weighted by atomic mass is 32.2. The number of carbonyl (C=O) groups is 1. The first-order valence-electron chi connectivity index (χ1n) is 10.6. The predicted molar refractivity (Wildman–Crippen MR) is 115 cm³/mol. The number of benzene rings is 1. The van der Waals surface area contributed by atoms with Gasteiger partial charge >= 0.3 is 5.97 Å². The number of esters is 1. The number of hydrogen-bond donors (Lipinski definition) is 1. The van der Waals surface area contributed by atoms with Crippen LogP contribution in [0.15, 0.2) is 29.2 Å². The summed E-state index contributed by atoms with van der Waals surface area (Å²) in [5.74, 6) is -0.524. The number of ether oxygens (including phenoxy) is 2. The van der Waals surface area contributed by atoms with Gasteiger partial charge in [-0.25, -0.2) is 4.79 Å². The molecule has 0 bridgehead atoms. The van der Waals surface area contributed by atoms with Crippen LogP contribution in [0.1, 0.15) is 65.4 Å². The van der Waals surface area contributed by atoms with Gasteiger partial charge in [0, 0.05) is 0 Å². The highest BCUT2D eigenvalue weighted by molar-refractivity contribution is 7.86. The SMILES string of the molecule is CCCCCC[C@H](OC(C)C(=O)OC(C)C)[C@H](O)COS(=O)(=O)c1ccc(C)cc1. The van der Waals surface area contributed by atoms with Gasteiger partial charge in [-0.1, -0.05) is 50.3 Å². The molecular formula is C22H36O7S. The van der Waals surface area contributed by atoms with Crippen molar-refractivity contribution >= 4 is 16.1 Å². The molecule has 0 aromatic heterocycles. The van der Waals surface area contributed by atoms with Crippen LogP contribution in [0.2, 0.25) is 0 Å². The van der Waals surface area contributed by atoms with Crippen molar-refractivity contribution in [3.05, 3.63) is 29.8 Å². The van der Waals surface area contributed by atoms with Gasteiger partial charge in [-0.15, -0.1) is 0 Å². The Morgan fingerprint density at radius 3 is 2.27 bits per heavy atom. The summed E-state index contributed by atoms with van der Waals surface area (Å²) in [6, 6.07) is 6.27. The monoisotopic (exact) mass is 444 g/mol. The highest BCUT2D eigenvalue weighted by Gasteiger charge is 2.28. The first-order chi connectivity index (χ1) is 14.1. The molecule has 1 aromatic rings. The van der Waals surface area contributed by atoms with Crippen LogP contribution in [0, 0.1) is 6.92 Å². The lowest BCUT2D eigenvalue weighted by molar-refractivity contribution is -0.169. The van der Waals surface area contributed by atoms with Crippen LogP contribution in [-0.4, -0.2) is 50.5 Å². The highest BCUT2D eigenvalue weighted by Crippen LogP contribution is 2.18. The second kappa shape index (κ2) is 13.0. The first-order valence-corrected chi connectivity index (χ1v) is 12.0. The predicted octanol–water partition coefficient (Wildman–Crippen LogP) is 3.76. The Morgan fingerprint density at radius 2 is 1.70 bits per heavy atom. The average Bonchev–Trinajstić information content (AvgIpc) is 2.68. The van der Waals surface area contributed by atoms with Crippen LogP contribution >= 0.6 is 0 Å². The molecule has 0 heterocycles. The van der Waals surface area contributed by atoms with E-state index in [1.807, 2.05) is 6.92 Å². The van der Waals surface area contributed by atoms with Crippen LogP contribution in [-0.2, 0) is 28.6 Å². The lowest BCUT2D eigenvalue weighted by Gasteiger charge is -2.26. The summed E-state index contributed by atoms with van der Waals surface area (Å²) in [7, 11) is -4.00. The maximum absolute atomic E-state index is 12.4. The first kappa shape index (κ1) is 26.6. The molecule has 0 aliphatic rings. The zero-order valence-electron chi connectivity index (χ0n) is 18.7. The summed E-state index contributed by atoms with van der Waals surface area (Å²) in [6.45, 7) is 8.53. The molecule has 1 aromatic carbocycles. The summed E-state index contributed by atoms with van der Waals surface area (Å²) in [5, 5.41) is 10.6. The molecule has 0 radical (unpaired) electrons. The maximum Gasteiger partial charge on any atom is 0.335 e. The molecule has 3 atom stereocenters. The standard InChI is InChI=1S/C22H36O7S/c1-6-7-8-9-10-21(29-18(5)22(24)28-16(2)3)20(23)15-27-30(25,26)19-13-11-17(4)12-14-19/h11-14,16,18,20-21,23H,6-10,15H2,1-5H3/t18?,20-,21+/m1/s1. The van der Waals surface area contributed by atoms with Gasteiger partial charge in [-0.2, -0.15) is 8.42 Å². The van der Waals surface area contributed by atoms with Crippen molar-refractivity contribution in [2.24, 2.45) is 0 Å². The second-order valence-corrected chi connectivity index (χ2v) is 9.39. The Morgan fingerprint density at radius 1 is 1.07 bits per heavy atom. The zero-order chi connectivity index (χ0) is 22.7. The number of aliphatic hydroxyl groups is 1. The van der Waals surface area contributed by atoms with E-state index in [0.717, 1.165) is 31.2 Å². The number of hydrogen-bond acceptors (Lipinski definition) is 7. The molecular weight excluding hydrogens is 408 g/mol. The van der Waals surface area contributed by atoms with Gasteiger partial charge in [0.2, 0.25) is 0 Å². The van der Waals surface area contributed by atoms with Crippen molar-refractivity contribution < 1.29 is 32.0 Å². The van der Waals surface area contributed by atoms with Crippen molar-refractivity contribution in [3.8, 4) is 0 Å². The third kappa shape index (κ3) is 9.55. The van der Waals surface area contributed by atoms with E-state index >= 15 is 0 Å². The minimum absolute atomic E-state index is 0.0228. The van der Waals surface area contributed by atoms with Crippen LogP contribution in [0.5, 0.6) is 0 Å². The van der Waals surface area contributed by atoms with Crippen molar-refractivity contribution in [2.75, 3.05) is 6.61 Å². The summed E-state index contributed by atoms with van der Waals surface area (Å²) >= 11 is 0. The number of carbonyl (C=O) groups excluding carboxylic acids is 1. The van der Waals surface area contributed by atoms with Crippen LogP contribution in [0.25, 0.3) is 0 Å². The third-order valence-corrected chi connectivity index (χ3v) is 5.83. The molecule has 1 N–H and O–H groups in total. The molecule has 30 heavy (non-hydrogen) atoms. The van der Waals surface area contributed by atoms with Crippen molar-refractivity contribution in [1.29, 1.82) is 0 Å². The molecule has 7 nitrogen and oxygen atoms in total. The molecule has 0 aliphatic carbocycles. The van der Waals surface area contributed by atoms with E-state index in [1.54, 1.807) is 32.9 Å². The minimum Gasteiger partial charge on any atom is -0.461 e. The van der Waals surface area contributed by atoms with E-state index in [1.165, 1.54) is 12.1 Å². The molecule has 0 aliphatic heterocycles.